The van der Waals surface area contributed by atoms with Gasteiger partial charge < -0.3 is 9.84 Å². The number of carboxylic acid groups (broad SMARTS) is 1. The maximum Gasteiger partial charge on any atom is 0.307 e. The summed E-state index contributed by atoms with van der Waals surface area (Å²) in [6.45, 7) is 0. The minimum Gasteiger partial charge on any atom is -0.481 e. The maximum atomic E-state index is 12.9. The van der Waals surface area contributed by atoms with Crippen molar-refractivity contribution in [2.24, 2.45) is 5.92 Å². The predicted molar refractivity (Wildman–Crippen MR) is 96.8 cm³/mol. The van der Waals surface area contributed by atoms with Crippen molar-refractivity contribution in [3.63, 3.8) is 0 Å². The number of ether oxygens (including phenoxy) is 1. The highest BCUT2D eigenvalue weighted by Crippen LogP contribution is 2.34. The van der Waals surface area contributed by atoms with Crippen LogP contribution in [0.25, 0.3) is 11.1 Å². The Morgan fingerprint density at radius 3 is 2.31 bits per heavy atom. The predicted octanol–water partition coefficient (Wildman–Crippen LogP) is 3.17. The number of pyridine rings is 1. The van der Waals surface area contributed by atoms with Crippen LogP contribution in [-0.4, -0.2) is 36.8 Å². The Morgan fingerprint density at radius 1 is 1.08 bits per heavy atom. The number of nitrogens with zero attached hydrogens (tertiary/aromatic N) is 1. The molecule has 2 atom stereocenters. The molecule has 1 aromatic carbocycles. The van der Waals surface area contributed by atoms with Crippen LogP contribution >= 0.6 is 0 Å². The molecule has 1 saturated carbocycles. The van der Waals surface area contributed by atoms with Crippen molar-refractivity contribution >= 4 is 15.8 Å². The number of aromatic nitrogens is 1. The van der Waals surface area contributed by atoms with E-state index in [9.17, 15) is 18.3 Å². The van der Waals surface area contributed by atoms with E-state index in [1.807, 2.05) is 6.07 Å². The van der Waals surface area contributed by atoms with Crippen molar-refractivity contribution in [3.8, 4) is 17.0 Å². The molecule has 2 aromatic rings. The number of methoxy groups -OCH3 is 1. The van der Waals surface area contributed by atoms with E-state index in [-0.39, 0.29) is 4.90 Å². The number of aliphatic carboxylic acids is 1. The lowest BCUT2D eigenvalue weighted by Gasteiger charge is -2.28. The molecule has 0 bridgehead atoms. The SMILES string of the molecule is COc1ccc(-c2ccc(S(=O)(=O)C3CCCCC3C(=O)O)cc2)cn1. The number of sulfone groups is 1. The van der Waals surface area contributed by atoms with Crippen LogP contribution in [0, 0.1) is 5.92 Å². The summed E-state index contributed by atoms with van der Waals surface area (Å²) in [4.78, 5) is 15.8. The molecule has 2 unspecified atom stereocenters. The normalized spacial score (nSPS) is 20.5. The zero-order valence-corrected chi connectivity index (χ0v) is 15.3. The average molecular weight is 375 g/mol. The Balaban J connectivity index is 1.87. The van der Waals surface area contributed by atoms with Gasteiger partial charge in [-0.05, 0) is 36.6 Å². The van der Waals surface area contributed by atoms with Gasteiger partial charge in [0.25, 0.3) is 0 Å². The summed E-state index contributed by atoms with van der Waals surface area (Å²) in [6, 6.07) is 10.1. The molecule has 0 spiro atoms. The van der Waals surface area contributed by atoms with E-state index in [1.165, 1.54) is 7.11 Å². The second-order valence-electron chi connectivity index (χ2n) is 6.43. The summed E-state index contributed by atoms with van der Waals surface area (Å²) < 4.78 is 30.9. The van der Waals surface area contributed by atoms with Crippen LogP contribution in [-0.2, 0) is 14.6 Å². The first kappa shape index (κ1) is 18.4. The Bertz CT molecular complexity index is 875. The molecule has 26 heavy (non-hydrogen) atoms. The van der Waals surface area contributed by atoms with E-state index in [2.05, 4.69) is 4.98 Å². The summed E-state index contributed by atoms with van der Waals surface area (Å²) >= 11 is 0. The lowest BCUT2D eigenvalue weighted by atomic mass is 9.89. The molecular weight excluding hydrogens is 354 g/mol. The van der Waals surface area contributed by atoms with Gasteiger partial charge in [0.15, 0.2) is 9.84 Å². The maximum absolute atomic E-state index is 12.9. The van der Waals surface area contributed by atoms with Crippen LogP contribution in [0.15, 0.2) is 47.5 Å². The quantitative estimate of drug-likeness (QED) is 0.863. The fourth-order valence-electron chi connectivity index (χ4n) is 3.43. The fourth-order valence-corrected chi connectivity index (χ4v) is 5.46. The number of benzene rings is 1. The van der Waals surface area contributed by atoms with Gasteiger partial charge in [-0.2, -0.15) is 0 Å². The molecule has 1 N–H and O–H groups in total. The highest BCUT2D eigenvalue weighted by atomic mass is 32.2. The second-order valence-corrected chi connectivity index (χ2v) is 8.59. The van der Waals surface area contributed by atoms with Crippen LogP contribution in [0.4, 0.5) is 0 Å². The monoisotopic (exact) mass is 375 g/mol. The van der Waals surface area contributed by atoms with Crippen LogP contribution in [0.1, 0.15) is 25.7 Å². The van der Waals surface area contributed by atoms with Gasteiger partial charge in [0.2, 0.25) is 5.88 Å². The molecule has 1 heterocycles. The van der Waals surface area contributed by atoms with Gasteiger partial charge in [-0.3, -0.25) is 4.79 Å². The smallest absolute Gasteiger partial charge is 0.307 e. The van der Waals surface area contributed by atoms with Crippen molar-refractivity contribution < 1.29 is 23.1 Å². The molecule has 0 radical (unpaired) electrons. The summed E-state index contributed by atoms with van der Waals surface area (Å²) in [5.41, 5.74) is 1.67. The molecule has 1 aliphatic rings. The molecule has 0 aliphatic heterocycles. The van der Waals surface area contributed by atoms with Gasteiger partial charge in [-0.15, -0.1) is 0 Å². The molecule has 0 amide bonds. The van der Waals surface area contributed by atoms with Crippen LogP contribution in [0.5, 0.6) is 5.88 Å². The fraction of sp³-hybridized carbons (Fsp3) is 0.368. The highest BCUT2D eigenvalue weighted by Gasteiger charge is 2.40. The van der Waals surface area contributed by atoms with E-state index in [0.717, 1.165) is 24.0 Å². The number of hydrogen-bond acceptors (Lipinski definition) is 5. The molecular formula is C19H21NO5S. The molecule has 138 valence electrons. The second kappa shape index (κ2) is 7.45. The third-order valence-corrected chi connectivity index (χ3v) is 7.17. The number of carbonyl (C=O) groups is 1. The molecule has 1 aromatic heterocycles. The van der Waals surface area contributed by atoms with Gasteiger partial charge in [0.05, 0.1) is 23.2 Å². The molecule has 0 saturated heterocycles. The van der Waals surface area contributed by atoms with Gasteiger partial charge in [-0.25, -0.2) is 13.4 Å². The molecule has 3 rings (SSSR count). The third kappa shape index (κ3) is 3.58. The van der Waals surface area contributed by atoms with E-state index < -0.39 is 27.0 Å². The first-order valence-corrected chi connectivity index (χ1v) is 10.1. The van der Waals surface area contributed by atoms with Gasteiger partial charge >= 0.3 is 5.97 Å². The van der Waals surface area contributed by atoms with Crippen molar-refractivity contribution in [1.82, 2.24) is 4.98 Å². The zero-order valence-electron chi connectivity index (χ0n) is 14.5. The zero-order chi connectivity index (χ0) is 18.7. The lowest BCUT2D eigenvalue weighted by molar-refractivity contribution is -0.142. The highest BCUT2D eigenvalue weighted by molar-refractivity contribution is 7.92. The third-order valence-electron chi connectivity index (χ3n) is 4.88. The Labute approximate surface area is 152 Å². The summed E-state index contributed by atoms with van der Waals surface area (Å²) in [7, 11) is -2.14. The Kier molecular flexibility index (Phi) is 5.27. The topological polar surface area (TPSA) is 93.6 Å². The Morgan fingerprint density at radius 2 is 1.73 bits per heavy atom. The number of hydrogen-bond donors (Lipinski definition) is 1. The Hall–Kier alpha value is -2.41. The average Bonchev–Trinajstić information content (AvgIpc) is 2.68. The number of rotatable bonds is 5. The van der Waals surface area contributed by atoms with Crippen LogP contribution in [0.2, 0.25) is 0 Å². The first-order valence-electron chi connectivity index (χ1n) is 8.50. The van der Waals surface area contributed by atoms with E-state index in [1.54, 1.807) is 36.5 Å². The molecule has 1 aliphatic carbocycles. The summed E-state index contributed by atoms with van der Waals surface area (Å²) in [6.07, 6.45) is 3.96. The molecule has 6 nitrogen and oxygen atoms in total. The molecule has 1 fully saturated rings. The minimum absolute atomic E-state index is 0.167. The van der Waals surface area contributed by atoms with Crippen molar-refractivity contribution in [1.29, 1.82) is 0 Å². The van der Waals surface area contributed by atoms with Crippen molar-refractivity contribution in [2.45, 2.75) is 35.8 Å². The van der Waals surface area contributed by atoms with Gasteiger partial charge in [0.1, 0.15) is 0 Å². The van der Waals surface area contributed by atoms with Gasteiger partial charge in [-0.1, -0.05) is 25.0 Å². The standard InChI is InChI=1S/C19H21NO5S/c1-25-18-11-8-14(12-20-18)13-6-9-15(10-7-13)26(23,24)17-5-3-2-4-16(17)19(21)22/h6-12,16-17H,2-5H2,1H3,(H,21,22). The van der Waals surface area contributed by atoms with Crippen LogP contribution < -0.4 is 4.74 Å². The number of carboxylic acids is 1. The van der Waals surface area contributed by atoms with Crippen molar-refractivity contribution in [2.75, 3.05) is 7.11 Å². The first-order chi connectivity index (χ1) is 12.4. The van der Waals surface area contributed by atoms with E-state index >= 15 is 0 Å². The summed E-state index contributed by atoms with van der Waals surface area (Å²) in [5, 5.41) is 8.51. The minimum atomic E-state index is -3.68. The summed E-state index contributed by atoms with van der Waals surface area (Å²) in [5.74, 6) is -1.36. The largest absolute Gasteiger partial charge is 0.481 e. The molecule has 7 heteroatoms. The van der Waals surface area contributed by atoms with Crippen LogP contribution in [0.3, 0.4) is 0 Å². The lowest BCUT2D eigenvalue weighted by Crippen LogP contribution is -2.37. The van der Waals surface area contributed by atoms with E-state index in [4.69, 9.17) is 4.74 Å². The van der Waals surface area contributed by atoms with Gasteiger partial charge in [0, 0.05) is 17.8 Å². The van der Waals surface area contributed by atoms with E-state index in [0.29, 0.717) is 18.7 Å². The van der Waals surface area contributed by atoms with Crippen molar-refractivity contribution in [3.05, 3.63) is 42.6 Å².